The highest BCUT2D eigenvalue weighted by Gasteiger charge is 2.32. The Morgan fingerprint density at radius 1 is 1.21 bits per heavy atom. The molecule has 4 heteroatoms. The number of aliphatic carboxylic acids is 1. The van der Waals surface area contributed by atoms with Crippen molar-refractivity contribution in [2.24, 2.45) is 0 Å². The Kier molecular flexibility index (Phi) is 4.70. The SMILES string of the molecule is CC(=O)N(C(C)C)C(C(=O)O)c1cc(C)ccc1C. The number of carbonyl (C=O) groups is 2. The Balaban J connectivity index is 3.38. The molecule has 1 aromatic rings. The van der Waals surface area contributed by atoms with Gasteiger partial charge < -0.3 is 10.0 Å². The van der Waals surface area contributed by atoms with E-state index < -0.39 is 12.0 Å². The number of carboxylic acid groups (broad SMARTS) is 1. The van der Waals surface area contributed by atoms with Gasteiger partial charge in [-0.3, -0.25) is 4.79 Å². The van der Waals surface area contributed by atoms with E-state index in [1.807, 2.05) is 45.9 Å². The fourth-order valence-corrected chi connectivity index (χ4v) is 2.30. The Labute approximate surface area is 114 Å². The van der Waals surface area contributed by atoms with Crippen LogP contribution in [0.5, 0.6) is 0 Å². The molecular formula is C15H21NO3. The van der Waals surface area contributed by atoms with E-state index in [0.717, 1.165) is 11.1 Å². The van der Waals surface area contributed by atoms with Crippen LogP contribution in [-0.2, 0) is 9.59 Å². The van der Waals surface area contributed by atoms with Gasteiger partial charge in [-0.25, -0.2) is 4.79 Å². The van der Waals surface area contributed by atoms with Gasteiger partial charge in [0.2, 0.25) is 5.91 Å². The molecule has 1 atom stereocenters. The standard InChI is InChI=1S/C15H21NO3/c1-9(2)16(12(5)17)14(15(18)19)13-8-10(3)6-7-11(13)4/h6-9,14H,1-5H3,(H,18,19). The van der Waals surface area contributed by atoms with Crippen LogP contribution in [0.25, 0.3) is 0 Å². The second-order valence-electron chi connectivity index (χ2n) is 5.12. The topological polar surface area (TPSA) is 57.6 Å². The van der Waals surface area contributed by atoms with Crippen LogP contribution in [0.15, 0.2) is 18.2 Å². The van der Waals surface area contributed by atoms with Gasteiger partial charge in [-0.15, -0.1) is 0 Å². The number of amides is 1. The number of carbonyl (C=O) groups excluding carboxylic acids is 1. The summed E-state index contributed by atoms with van der Waals surface area (Å²) in [6.07, 6.45) is 0. The van der Waals surface area contributed by atoms with Crippen molar-refractivity contribution in [2.75, 3.05) is 0 Å². The lowest BCUT2D eigenvalue weighted by molar-refractivity contribution is -0.151. The summed E-state index contributed by atoms with van der Waals surface area (Å²) in [4.78, 5) is 24.8. The molecule has 0 fully saturated rings. The van der Waals surface area contributed by atoms with Crippen LogP contribution in [0.2, 0.25) is 0 Å². The van der Waals surface area contributed by atoms with Crippen LogP contribution in [-0.4, -0.2) is 27.9 Å². The highest BCUT2D eigenvalue weighted by Crippen LogP contribution is 2.27. The number of benzene rings is 1. The molecule has 0 aliphatic carbocycles. The average molecular weight is 263 g/mol. The van der Waals surface area contributed by atoms with Crippen molar-refractivity contribution >= 4 is 11.9 Å². The molecule has 1 rings (SSSR count). The van der Waals surface area contributed by atoms with Gasteiger partial charge in [-0.05, 0) is 38.8 Å². The summed E-state index contributed by atoms with van der Waals surface area (Å²) in [5.41, 5.74) is 2.54. The number of carboxylic acids is 1. The molecule has 1 unspecified atom stereocenters. The van der Waals surface area contributed by atoms with Crippen molar-refractivity contribution in [1.82, 2.24) is 4.90 Å². The Hall–Kier alpha value is -1.84. The summed E-state index contributed by atoms with van der Waals surface area (Å²) in [6.45, 7) is 8.82. The van der Waals surface area contributed by atoms with Crippen LogP contribution in [0, 0.1) is 13.8 Å². The first-order valence-corrected chi connectivity index (χ1v) is 6.34. The molecule has 0 aliphatic rings. The number of hydrogen-bond acceptors (Lipinski definition) is 2. The highest BCUT2D eigenvalue weighted by molar-refractivity contribution is 5.84. The predicted octanol–water partition coefficient (Wildman–Crippen LogP) is 2.69. The lowest BCUT2D eigenvalue weighted by atomic mass is 9.96. The van der Waals surface area contributed by atoms with Crippen LogP contribution < -0.4 is 0 Å². The third-order valence-corrected chi connectivity index (χ3v) is 3.16. The minimum Gasteiger partial charge on any atom is -0.479 e. The van der Waals surface area contributed by atoms with Gasteiger partial charge >= 0.3 is 5.97 Å². The first-order chi connectivity index (χ1) is 8.75. The molecular weight excluding hydrogens is 242 g/mol. The first-order valence-electron chi connectivity index (χ1n) is 6.34. The Morgan fingerprint density at radius 2 is 1.79 bits per heavy atom. The van der Waals surface area contributed by atoms with Crippen molar-refractivity contribution in [3.8, 4) is 0 Å². The van der Waals surface area contributed by atoms with Gasteiger partial charge in [0.05, 0.1) is 0 Å². The van der Waals surface area contributed by atoms with Gasteiger partial charge in [0.15, 0.2) is 6.04 Å². The maximum absolute atomic E-state index is 11.8. The second-order valence-corrected chi connectivity index (χ2v) is 5.12. The fraction of sp³-hybridized carbons (Fsp3) is 0.467. The van der Waals surface area contributed by atoms with Crippen LogP contribution in [0.4, 0.5) is 0 Å². The summed E-state index contributed by atoms with van der Waals surface area (Å²) < 4.78 is 0. The Morgan fingerprint density at radius 3 is 2.21 bits per heavy atom. The first kappa shape index (κ1) is 15.2. The van der Waals surface area contributed by atoms with E-state index in [1.165, 1.54) is 11.8 Å². The summed E-state index contributed by atoms with van der Waals surface area (Å²) in [6, 6.07) is 4.56. The summed E-state index contributed by atoms with van der Waals surface area (Å²) >= 11 is 0. The fourth-order valence-electron chi connectivity index (χ4n) is 2.30. The lowest BCUT2D eigenvalue weighted by Gasteiger charge is -2.32. The molecule has 0 saturated carbocycles. The van der Waals surface area contributed by atoms with Gasteiger partial charge in [0.1, 0.15) is 0 Å². The van der Waals surface area contributed by atoms with E-state index >= 15 is 0 Å². The average Bonchev–Trinajstić information content (AvgIpc) is 2.27. The number of aryl methyl sites for hydroxylation is 2. The highest BCUT2D eigenvalue weighted by atomic mass is 16.4. The van der Waals surface area contributed by atoms with Crippen LogP contribution >= 0.6 is 0 Å². The monoisotopic (exact) mass is 263 g/mol. The number of rotatable bonds is 4. The normalized spacial score (nSPS) is 12.3. The molecule has 0 aliphatic heterocycles. The van der Waals surface area contributed by atoms with Gasteiger partial charge in [0.25, 0.3) is 0 Å². The molecule has 19 heavy (non-hydrogen) atoms. The minimum atomic E-state index is -1.00. The maximum atomic E-state index is 11.8. The summed E-state index contributed by atoms with van der Waals surface area (Å²) in [5.74, 6) is -1.24. The molecule has 4 nitrogen and oxygen atoms in total. The molecule has 1 aromatic carbocycles. The molecule has 104 valence electrons. The third-order valence-electron chi connectivity index (χ3n) is 3.16. The Bertz CT molecular complexity index is 494. The number of hydrogen-bond donors (Lipinski definition) is 1. The van der Waals surface area contributed by atoms with Crippen molar-refractivity contribution in [2.45, 2.75) is 46.7 Å². The predicted molar refractivity (Wildman–Crippen MR) is 73.9 cm³/mol. The molecule has 0 aromatic heterocycles. The van der Waals surface area contributed by atoms with Crippen LogP contribution in [0.1, 0.15) is 43.5 Å². The number of nitrogens with zero attached hydrogens (tertiary/aromatic N) is 1. The largest absolute Gasteiger partial charge is 0.479 e. The van der Waals surface area contributed by atoms with Crippen molar-refractivity contribution in [1.29, 1.82) is 0 Å². The van der Waals surface area contributed by atoms with Crippen molar-refractivity contribution in [3.63, 3.8) is 0 Å². The summed E-state index contributed by atoms with van der Waals surface area (Å²) in [7, 11) is 0. The minimum absolute atomic E-state index is 0.168. The van der Waals surface area contributed by atoms with Crippen molar-refractivity contribution in [3.05, 3.63) is 34.9 Å². The smallest absolute Gasteiger partial charge is 0.331 e. The molecule has 1 N–H and O–H groups in total. The van der Waals surface area contributed by atoms with E-state index in [1.54, 1.807) is 0 Å². The maximum Gasteiger partial charge on any atom is 0.331 e. The zero-order valence-electron chi connectivity index (χ0n) is 12.1. The van der Waals surface area contributed by atoms with Gasteiger partial charge in [-0.2, -0.15) is 0 Å². The summed E-state index contributed by atoms with van der Waals surface area (Å²) in [5, 5.41) is 9.52. The van der Waals surface area contributed by atoms with Gasteiger partial charge in [0, 0.05) is 13.0 Å². The van der Waals surface area contributed by atoms with E-state index in [-0.39, 0.29) is 11.9 Å². The quantitative estimate of drug-likeness (QED) is 0.908. The molecule has 0 heterocycles. The van der Waals surface area contributed by atoms with E-state index in [0.29, 0.717) is 5.56 Å². The molecule has 0 bridgehead atoms. The molecule has 0 saturated heterocycles. The van der Waals surface area contributed by atoms with E-state index in [9.17, 15) is 14.7 Å². The third kappa shape index (κ3) is 3.34. The van der Waals surface area contributed by atoms with Crippen LogP contribution in [0.3, 0.4) is 0 Å². The zero-order valence-corrected chi connectivity index (χ0v) is 12.1. The van der Waals surface area contributed by atoms with Gasteiger partial charge in [-0.1, -0.05) is 23.8 Å². The molecule has 0 spiro atoms. The van der Waals surface area contributed by atoms with E-state index in [4.69, 9.17) is 0 Å². The lowest BCUT2D eigenvalue weighted by Crippen LogP contribution is -2.42. The molecule has 0 radical (unpaired) electrons. The zero-order chi connectivity index (χ0) is 14.7. The second kappa shape index (κ2) is 5.87. The molecule has 1 amide bonds. The van der Waals surface area contributed by atoms with Crippen molar-refractivity contribution < 1.29 is 14.7 Å². The van der Waals surface area contributed by atoms with E-state index in [2.05, 4.69) is 0 Å².